The van der Waals surface area contributed by atoms with Gasteiger partial charge in [0.2, 0.25) is 0 Å². The van der Waals surface area contributed by atoms with Gasteiger partial charge in [-0.15, -0.1) is 0 Å². The normalized spacial score (nSPS) is 51.9. The third-order valence-corrected chi connectivity index (χ3v) is 11.9. The highest BCUT2D eigenvalue weighted by atomic mass is 16.6. The van der Waals surface area contributed by atoms with Crippen molar-refractivity contribution in [3.63, 3.8) is 0 Å². The number of fused-ring (bicyclic) bond motifs is 5. The lowest BCUT2D eigenvalue weighted by molar-refractivity contribution is -0.196. The van der Waals surface area contributed by atoms with Crippen LogP contribution in [0.2, 0.25) is 0 Å². The Balaban J connectivity index is 1.48. The number of hydrogen-bond donors (Lipinski definition) is 5. The zero-order chi connectivity index (χ0) is 27.3. The van der Waals surface area contributed by atoms with E-state index in [-0.39, 0.29) is 35.9 Å². The van der Waals surface area contributed by atoms with Crippen LogP contribution in [-0.2, 0) is 14.3 Å². The summed E-state index contributed by atoms with van der Waals surface area (Å²) in [7, 11) is 0. The van der Waals surface area contributed by atoms with Gasteiger partial charge in [0.1, 0.15) is 12.2 Å². The van der Waals surface area contributed by atoms with Crippen molar-refractivity contribution < 1.29 is 39.9 Å². The van der Waals surface area contributed by atoms with Crippen molar-refractivity contribution in [3.8, 4) is 0 Å². The lowest BCUT2D eigenvalue weighted by atomic mass is 9.45. The molecule has 1 aliphatic heterocycles. The van der Waals surface area contributed by atoms with Crippen LogP contribution in [0, 0.1) is 40.4 Å². The molecule has 1 heterocycles. The molecule has 208 valence electrons. The van der Waals surface area contributed by atoms with Gasteiger partial charge in [0, 0.05) is 17.3 Å². The molecule has 5 aliphatic rings. The largest absolute Gasteiger partial charge is 0.459 e. The Morgan fingerprint density at radius 3 is 2.46 bits per heavy atom. The summed E-state index contributed by atoms with van der Waals surface area (Å²) in [4.78, 5) is 25.6. The minimum Gasteiger partial charge on any atom is -0.459 e. The van der Waals surface area contributed by atoms with Crippen LogP contribution in [0.5, 0.6) is 0 Å². The van der Waals surface area contributed by atoms with Gasteiger partial charge in [-0.2, -0.15) is 0 Å². The molecule has 4 fully saturated rings. The highest BCUT2D eigenvalue weighted by Gasteiger charge is 2.70. The minimum absolute atomic E-state index is 0.120. The molecule has 0 aromatic carbocycles. The predicted molar refractivity (Wildman–Crippen MR) is 134 cm³/mol. The summed E-state index contributed by atoms with van der Waals surface area (Å²) in [6.07, 6.45) is 0.792. The van der Waals surface area contributed by atoms with Crippen LogP contribution in [0.25, 0.3) is 0 Å². The maximum atomic E-state index is 13.3. The third-order valence-electron chi connectivity index (χ3n) is 11.9. The second-order valence-corrected chi connectivity index (χ2v) is 13.5. The van der Waals surface area contributed by atoms with E-state index in [0.29, 0.717) is 44.1 Å². The first-order chi connectivity index (χ1) is 17.1. The first-order valence-electron chi connectivity index (χ1n) is 14.1. The molecule has 0 aromatic heterocycles. The van der Waals surface area contributed by atoms with Crippen LogP contribution in [-0.4, -0.2) is 72.9 Å². The smallest absolute Gasteiger partial charge is 0.309 e. The number of cyclic esters (lactones) is 1. The molecule has 0 bridgehead atoms. The average Bonchev–Trinajstić information content (AvgIpc) is 3.28. The van der Waals surface area contributed by atoms with E-state index in [1.807, 2.05) is 20.8 Å². The summed E-state index contributed by atoms with van der Waals surface area (Å²) in [5, 5.41) is 56.5. The average molecular weight is 521 g/mol. The molecule has 1 saturated heterocycles. The van der Waals surface area contributed by atoms with Crippen LogP contribution in [0.15, 0.2) is 11.6 Å². The molecule has 0 spiro atoms. The van der Waals surface area contributed by atoms with Gasteiger partial charge in [0.15, 0.2) is 5.78 Å². The number of allylic oxidation sites excluding steroid dienone is 1. The number of rotatable bonds is 4. The molecular weight excluding hydrogens is 476 g/mol. The zero-order valence-electron chi connectivity index (χ0n) is 22.7. The number of esters is 1. The summed E-state index contributed by atoms with van der Waals surface area (Å²) >= 11 is 0. The number of ketones is 1. The van der Waals surface area contributed by atoms with Crippen molar-refractivity contribution in [2.45, 2.75) is 115 Å². The van der Waals surface area contributed by atoms with Crippen LogP contribution >= 0.6 is 0 Å². The highest BCUT2D eigenvalue weighted by Crippen LogP contribution is 2.68. The van der Waals surface area contributed by atoms with E-state index in [1.54, 1.807) is 19.9 Å². The Labute approximate surface area is 219 Å². The van der Waals surface area contributed by atoms with Gasteiger partial charge in [-0.1, -0.05) is 27.7 Å². The second-order valence-electron chi connectivity index (χ2n) is 13.5. The number of aliphatic hydroxyl groups excluding tert-OH is 3. The van der Waals surface area contributed by atoms with Gasteiger partial charge in [0.05, 0.1) is 29.3 Å². The molecule has 0 unspecified atom stereocenters. The van der Waals surface area contributed by atoms with Crippen molar-refractivity contribution in [1.82, 2.24) is 0 Å². The Kier molecular flexibility index (Phi) is 6.33. The minimum atomic E-state index is -1.63. The van der Waals surface area contributed by atoms with Crippen molar-refractivity contribution in [2.75, 3.05) is 0 Å². The summed E-state index contributed by atoms with van der Waals surface area (Å²) < 4.78 is 5.56. The van der Waals surface area contributed by atoms with E-state index in [2.05, 4.69) is 0 Å². The number of ether oxygens (including phenoxy) is 1. The Hall–Kier alpha value is -1.32. The van der Waals surface area contributed by atoms with Gasteiger partial charge in [-0.25, -0.2) is 0 Å². The molecule has 13 atom stereocenters. The van der Waals surface area contributed by atoms with Crippen LogP contribution in [0.3, 0.4) is 0 Å². The first-order valence-corrected chi connectivity index (χ1v) is 14.1. The molecule has 5 rings (SSSR count). The lowest BCUT2D eigenvalue weighted by Gasteiger charge is -2.60. The molecule has 3 saturated carbocycles. The molecule has 0 amide bonds. The fourth-order valence-corrected chi connectivity index (χ4v) is 9.52. The van der Waals surface area contributed by atoms with Crippen molar-refractivity contribution in [1.29, 1.82) is 0 Å². The molecule has 8 heteroatoms. The number of hydrogen-bond acceptors (Lipinski definition) is 8. The Bertz CT molecular complexity index is 1010. The quantitative estimate of drug-likeness (QED) is 0.354. The van der Waals surface area contributed by atoms with Gasteiger partial charge in [-0.05, 0) is 80.8 Å². The van der Waals surface area contributed by atoms with Gasteiger partial charge < -0.3 is 30.3 Å². The predicted octanol–water partition coefficient (Wildman–Crippen LogP) is 1.89. The monoisotopic (exact) mass is 520 g/mol. The molecule has 0 radical (unpaired) electrons. The summed E-state index contributed by atoms with van der Waals surface area (Å²) in [6, 6.07) is 0. The number of aliphatic hydroxyl groups is 5. The summed E-state index contributed by atoms with van der Waals surface area (Å²) in [6.45, 7) is 9.27. The van der Waals surface area contributed by atoms with Crippen molar-refractivity contribution >= 4 is 11.8 Å². The Morgan fingerprint density at radius 1 is 1.14 bits per heavy atom. The molecule has 5 N–H and O–H groups in total. The van der Waals surface area contributed by atoms with Gasteiger partial charge in [0.25, 0.3) is 0 Å². The lowest BCUT2D eigenvalue weighted by Crippen LogP contribution is -2.63. The van der Waals surface area contributed by atoms with Crippen LogP contribution < -0.4 is 0 Å². The standard InChI is InChI=1S/C29H44O8/c1-6-15-14(2)25(34)37-23(15)24(33)28(5,35)22-8-10-29(36)17-11-19(30)18-12-20(31)21(32)13-26(18,3)16(17)7-9-27(22,29)4/h11,14-16,18,20-24,31-33,35-36H,6-10,12-13H2,1-5H3/t14-,15+,16-,18-,20+,21-,22-,23-,24+,26+,27+,28+,29+/m0/s1. The van der Waals surface area contributed by atoms with Gasteiger partial charge in [-0.3, -0.25) is 9.59 Å². The maximum Gasteiger partial charge on any atom is 0.309 e. The Morgan fingerprint density at radius 2 is 1.81 bits per heavy atom. The molecule has 8 nitrogen and oxygen atoms in total. The van der Waals surface area contributed by atoms with E-state index < -0.39 is 58.3 Å². The fourth-order valence-electron chi connectivity index (χ4n) is 9.52. The first kappa shape index (κ1) is 27.3. The van der Waals surface area contributed by atoms with Gasteiger partial charge >= 0.3 is 5.97 Å². The fraction of sp³-hybridized carbons (Fsp3) is 0.862. The summed E-state index contributed by atoms with van der Waals surface area (Å²) in [5.74, 6) is -2.07. The number of carbonyl (C=O) groups excluding carboxylic acids is 2. The van der Waals surface area contributed by atoms with Crippen LogP contribution in [0.4, 0.5) is 0 Å². The number of carbonyl (C=O) groups is 2. The molecule has 37 heavy (non-hydrogen) atoms. The highest BCUT2D eigenvalue weighted by molar-refractivity contribution is 5.95. The zero-order valence-corrected chi connectivity index (χ0v) is 22.7. The van der Waals surface area contributed by atoms with Crippen molar-refractivity contribution in [3.05, 3.63) is 11.6 Å². The van der Waals surface area contributed by atoms with E-state index in [1.165, 1.54) is 0 Å². The van der Waals surface area contributed by atoms with E-state index in [9.17, 15) is 35.1 Å². The SMILES string of the molecule is CC[C@H]1[C@@H]([C@@H](O)[C@](C)(O)[C@H]2CC[C@@]3(O)C4=CC(=O)[C@@H]5C[C@@H](O)[C@@H](O)C[C@]5(C)[C@H]4CC[C@]23C)OC(=O)[C@H]1C. The third kappa shape index (κ3) is 3.51. The van der Waals surface area contributed by atoms with Crippen LogP contribution in [0.1, 0.15) is 79.6 Å². The molecule has 0 aromatic rings. The second kappa shape index (κ2) is 8.59. The van der Waals surface area contributed by atoms with E-state index in [4.69, 9.17) is 4.74 Å². The topological polar surface area (TPSA) is 145 Å². The summed E-state index contributed by atoms with van der Waals surface area (Å²) in [5.41, 5.74) is -3.69. The van der Waals surface area contributed by atoms with E-state index in [0.717, 1.165) is 0 Å². The molecular formula is C29H44O8. The maximum absolute atomic E-state index is 13.3. The van der Waals surface area contributed by atoms with E-state index >= 15 is 0 Å². The van der Waals surface area contributed by atoms with Crippen molar-refractivity contribution in [2.24, 2.45) is 40.4 Å². The molecule has 4 aliphatic carbocycles.